The number of carbonyl (C=O) groups is 2. The number of aromatic nitrogens is 2. The molecule has 8 nitrogen and oxygen atoms in total. The molecule has 4 N–H and O–H groups in total. The molecule has 0 aliphatic carbocycles. The molecule has 8 rings (SSSR count). The van der Waals surface area contributed by atoms with Crippen molar-refractivity contribution < 1.29 is 27.8 Å². The van der Waals surface area contributed by atoms with Crippen molar-refractivity contribution in [2.24, 2.45) is 0 Å². The molecular formula is C46H38F2N4O4. The summed E-state index contributed by atoms with van der Waals surface area (Å²) in [5.41, 5.74) is 4.71. The molecule has 0 spiro atoms. The number of hydrogen-bond acceptors (Lipinski definition) is 6. The molecule has 2 atom stereocenters. The van der Waals surface area contributed by atoms with E-state index in [2.05, 4.69) is 20.6 Å². The number of anilines is 2. The number of methoxy groups -OCH3 is 2. The summed E-state index contributed by atoms with van der Waals surface area (Å²) in [4.78, 5) is 32.7. The third-order valence-electron chi connectivity index (χ3n) is 9.41. The SMILES string of the molecule is COc1cccc(NC(C(=O)c2c[nH]c3c(F)cccc23)c2ccccc2)c1.COc1cccc(NC(C(=O)c2c[nH]c3c(F)cccc23)c2ccccc2)c1. The number of aromatic amines is 2. The maximum absolute atomic E-state index is 14.0. The second-order valence-electron chi connectivity index (χ2n) is 12.9. The minimum atomic E-state index is -0.629. The van der Waals surface area contributed by atoms with Gasteiger partial charge in [0.25, 0.3) is 0 Å². The molecule has 2 aromatic heterocycles. The number of rotatable bonds is 12. The molecule has 10 heteroatoms. The molecule has 8 aromatic rings. The Kier molecular flexibility index (Phi) is 11.2. The average Bonchev–Trinajstić information content (AvgIpc) is 3.89. The first-order chi connectivity index (χ1) is 27.3. The Bertz CT molecular complexity index is 2420. The Morgan fingerprint density at radius 3 is 1.30 bits per heavy atom. The highest BCUT2D eigenvalue weighted by Crippen LogP contribution is 2.31. The van der Waals surface area contributed by atoms with Gasteiger partial charge >= 0.3 is 0 Å². The summed E-state index contributed by atoms with van der Waals surface area (Å²) in [5, 5.41) is 7.74. The number of Topliss-reactive ketones (excluding diaryl/α,β-unsaturated/α-hetero) is 2. The first-order valence-electron chi connectivity index (χ1n) is 17.8. The number of fused-ring (bicyclic) bond motifs is 2. The second kappa shape index (κ2) is 16.9. The first-order valence-corrected chi connectivity index (χ1v) is 17.8. The number of halogens is 2. The molecule has 0 radical (unpaired) electrons. The lowest BCUT2D eigenvalue weighted by Gasteiger charge is -2.19. The van der Waals surface area contributed by atoms with Crippen molar-refractivity contribution in [2.75, 3.05) is 24.9 Å². The molecular weight excluding hydrogens is 711 g/mol. The zero-order chi connectivity index (χ0) is 39.0. The predicted octanol–water partition coefficient (Wildman–Crippen LogP) is 10.7. The van der Waals surface area contributed by atoms with Crippen molar-refractivity contribution in [3.8, 4) is 11.5 Å². The van der Waals surface area contributed by atoms with E-state index in [0.717, 1.165) is 22.5 Å². The number of hydrogen-bond donors (Lipinski definition) is 4. The Balaban J connectivity index is 0.000000172. The molecule has 0 amide bonds. The van der Waals surface area contributed by atoms with Crippen LogP contribution in [0.4, 0.5) is 20.2 Å². The van der Waals surface area contributed by atoms with Crippen LogP contribution in [0.3, 0.4) is 0 Å². The van der Waals surface area contributed by atoms with E-state index in [0.29, 0.717) is 44.4 Å². The fraction of sp³-hybridized carbons (Fsp3) is 0.0870. The van der Waals surface area contributed by atoms with Crippen LogP contribution in [0.15, 0.2) is 158 Å². The predicted molar refractivity (Wildman–Crippen MR) is 217 cm³/mol. The van der Waals surface area contributed by atoms with Gasteiger partial charge in [-0.25, -0.2) is 8.78 Å². The smallest absolute Gasteiger partial charge is 0.191 e. The fourth-order valence-electron chi connectivity index (χ4n) is 6.60. The second-order valence-corrected chi connectivity index (χ2v) is 12.9. The van der Waals surface area contributed by atoms with Crippen LogP contribution >= 0.6 is 0 Å². The molecule has 6 aromatic carbocycles. The highest BCUT2D eigenvalue weighted by molar-refractivity contribution is 6.12. The van der Waals surface area contributed by atoms with E-state index in [1.54, 1.807) is 50.9 Å². The van der Waals surface area contributed by atoms with E-state index < -0.39 is 12.1 Å². The van der Waals surface area contributed by atoms with Gasteiger partial charge in [-0.05, 0) is 47.5 Å². The third kappa shape index (κ3) is 8.00. The first kappa shape index (κ1) is 37.1. The van der Waals surface area contributed by atoms with Crippen LogP contribution in [-0.2, 0) is 0 Å². The Morgan fingerprint density at radius 1 is 0.518 bits per heavy atom. The summed E-state index contributed by atoms with van der Waals surface area (Å²) in [6, 6.07) is 41.9. The highest BCUT2D eigenvalue weighted by Gasteiger charge is 2.26. The van der Waals surface area contributed by atoms with Gasteiger partial charge in [-0.1, -0.05) is 97.1 Å². The van der Waals surface area contributed by atoms with Gasteiger partial charge in [0, 0.05) is 57.8 Å². The van der Waals surface area contributed by atoms with Crippen molar-refractivity contribution in [3.05, 3.63) is 192 Å². The number of nitrogens with one attached hydrogen (secondary N) is 4. The number of ether oxygens (including phenoxy) is 2. The normalized spacial score (nSPS) is 11.9. The summed E-state index contributed by atoms with van der Waals surface area (Å²) in [7, 11) is 3.19. The molecule has 2 unspecified atom stereocenters. The zero-order valence-electron chi connectivity index (χ0n) is 30.6. The van der Waals surface area contributed by atoms with Gasteiger partial charge in [-0.2, -0.15) is 0 Å². The van der Waals surface area contributed by atoms with Crippen LogP contribution in [-0.4, -0.2) is 35.8 Å². The number of ketones is 2. The maximum Gasteiger partial charge on any atom is 0.191 e. The van der Waals surface area contributed by atoms with Crippen molar-refractivity contribution in [1.29, 1.82) is 0 Å². The Hall–Kier alpha value is -7.20. The minimum Gasteiger partial charge on any atom is -0.497 e. The lowest BCUT2D eigenvalue weighted by atomic mass is 9.96. The standard InChI is InChI=1S/2C23H19FN2O2/c2*1-28-17-10-5-9-16(13-17)26-21(15-7-3-2-4-8-15)23(27)19-14-25-22-18(19)11-6-12-20(22)24/h2*2-14,21,25-26H,1H3. The Morgan fingerprint density at radius 2 is 0.911 bits per heavy atom. The molecule has 0 saturated heterocycles. The van der Waals surface area contributed by atoms with E-state index in [1.807, 2.05) is 109 Å². The van der Waals surface area contributed by atoms with Gasteiger partial charge in [0.2, 0.25) is 0 Å². The molecule has 2 heterocycles. The van der Waals surface area contributed by atoms with Gasteiger partial charge < -0.3 is 30.1 Å². The largest absolute Gasteiger partial charge is 0.497 e. The highest BCUT2D eigenvalue weighted by atomic mass is 19.1. The van der Waals surface area contributed by atoms with Gasteiger partial charge in [-0.3, -0.25) is 9.59 Å². The van der Waals surface area contributed by atoms with E-state index in [1.165, 1.54) is 12.1 Å². The number of H-pyrrole nitrogens is 2. The summed E-state index contributed by atoms with van der Waals surface area (Å²) in [6.07, 6.45) is 3.14. The van der Waals surface area contributed by atoms with Crippen molar-refractivity contribution >= 4 is 44.7 Å². The van der Waals surface area contributed by atoms with Crippen molar-refractivity contribution in [2.45, 2.75) is 12.1 Å². The lowest BCUT2D eigenvalue weighted by molar-refractivity contribution is 0.0963. The van der Waals surface area contributed by atoms with Gasteiger partial charge in [-0.15, -0.1) is 0 Å². The molecule has 0 fully saturated rings. The van der Waals surface area contributed by atoms with Crippen molar-refractivity contribution in [3.63, 3.8) is 0 Å². The molecule has 0 bridgehead atoms. The average molecular weight is 749 g/mol. The number of para-hydroxylation sites is 2. The summed E-state index contributed by atoms with van der Waals surface area (Å²) in [5.74, 6) is 0.329. The van der Waals surface area contributed by atoms with Crippen LogP contribution in [0, 0.1) is 11.6 Å². The van der Waals surface area contributed by atoms with Gasteiger partial charge in [0.15, 0.2) is 11.6 Å². The van der Waals surface area contributed by atoms with Gasteiger partial charge in [0.05, 0.1) is 25.3 Å². The topological polar surface area (TPSA) is 108 Å². The Labute approximate surface area is 322 Å². The fourth-order valence-corrected chi connectivity index (χ4v) is 6.60. The summed E-state index contributed by atoms with van der Waals surface area (Å²) < 4.78 is 38.6. The van der Waals surface area contributed by atoms with Gasteiger partial charge in [0.1, 0.15) is 35.2 Å². The van der Waals surface area contributed by atoms with Crippen LogP contribution in [0.25, 0.3) is 21.8 Å². The third-order valence-corrected chi connectivity index (χ3v) is 9.41. The molecule has 280 valence electrons. The molecule has 0 aliphatic rings. The van der Waals surface area contributed by atoms with E-state index >= 15 is 0 Å². The van der Waals surface area contributed by atoms with E-state index in [4.69, 9.17) is 9.47 Å². The van der Waals surface area contributed by atoms with Crippen LogP contribution in [0.5, 0.6) is 11.5 Å². The molecule has 56 heavy (non-hydrogen) atoms. The van der Waals surface area contributed by atoms with E-state index in [9.17, 15) is 18.4 Å². The van der Waals surface area contributed by atoms with Crippen LogP contribution in [0.1, 0.15) is 43.9 Å². The number of carbonyl (C=O) groups excluding carboxylic acids is 2. The molecule has 0 saturated carbocycles. The lowest BCUT2D eigenvalue weighted by Crippen LogP contribution is -2.21. The van der Waals surface area contributed by atoms with E-state index in [-0.39, 0.29) is 23.2 Å². The van der Waals surface area contributed by atoms with Crippen LogP contribution < -0.4 is 20.1 Å². The summed E-state index contributed by atoms with van der Waals surface area (Å²) >= 11 is 0. The zero-order valence-corrected chi connectivity index (χ0v) is 30.6. The minimum absolute atomic E-state index is 0.147. The number of benzene rings is 6. The monoisotopic (exact) mass is 748 g/mol. The van der Waals surface area contributed by atoms with Crippen molar-refractivity contribution in [1.82, 2.24) is 9.97 Å². The quantitative estimate of drug-likeness (QED) is 0.0927. The molecule has 0 aliphatic heterocycles. The van der Waals surface area contributed by atoms with Crippen LogP contribution in [0.2, 0.25) is 0 Å². The summed E-state index contributed by atoms with van der Waals surface area (Å²) in [6.45, 7) is 0. The maximum atomic E-state index is 14.0.